The Morgan fingerprint density at radius 2 is 2.29 bits per heavy atom. The van der Waals surface area contributed by atoms with E-state index in [1.807, 2.05) is 31.3 Å². The number of rotatable bonds is 4. The monoisotopic (exact) mass is 227 g/mol. The van der Waals surface area contributed by atoms with Crippen LogP contribution in [0.25, 0.3) is 16.0 Å². The summed E-state index contributed by atoms with van der Waals surface area (Å²) in [5.41, 5.74) is 5.89. The van der Waals surface area contributed by atoms with Crippen LogP contribution in [0.4, 0.5) is 0 Å². The molecule has 0 spiro atoms. The van der Waals surface area contributed by atoms with E-state index in [1.165, 1.54) is 10.9 Å². The lowest BCUT2D eigenvalue weighted by Crippen LogP contribution is -2.26. The standard InChI is InChI=1S/C13H15N4/c1-9(2)13(16-17-14)7-10-8-15-12-6-4-3-5-11(10)12/h3-6,8,13,15-16H,1,7H2,2H3/q+1. The minimum absolute atomic E-state index is 0.0563. The quantitative estimate of drug-likeness (QED) is 0.479. The smallest absolute Gasteiger partial charge is 0.303 e. The van der Waals surface area contributed by atoms with Gasteiger partial charge in [0.2, 0.25) is 0 Å². The van der Waals surface area contributed by atoms with Crippen LogP contribution in [-0.4, -0.2) is 11.0 Å². The highest BCUT2D eigenvalue weighted by Gasteiger charge is 2.17. The van der Waals surface area contributed by atoms with Gasteiger partial charge in [0, 0.05) is 23.5 Å². The van der Waals surface area contributed by atoms with E-state index < -0.39 is 0 Å². The second kappa shape index (κ2) is 4.71. The van der Waals surface area contributed by atoms with Gasteiger partial charge in [-0.1, -0.05) is 30.4 Å². The number of nitrogens with zero attached hydrogens (tertiary/aromatic N) is 2. The molecule has 0 bridgehead atoms. The average molecular weight is 227 g/mol. The van der Waals surface area contributed by atoms with E-state index in [4.69, 9.17) is 5.39 Å². The third kappa shape index (κ3) is 2.28. The minimum atomic E-state index is -0.0563. The fraction of sp³-hybridized carbons (Fsp3) is 0.231. The van der Waals surface area contributed by atoms with Gasteiger partial charge in [0.15, 0.2) is 0 Å². The van der Waals surface area contributed by atoms with Crippen molar-refractivity contribution >= 4 is 10.9 Å². The number of nitrogens with one attached hydrogen (secondary N) is 2. The highest BCUT2D eigenvalue weighted by atomic mass is 15.3. The van der Waals surface area contributed by atoms with Crippen LogP contribution in [0.15, 0.2) is 42.6 Å². The molecular weight excluding hydrogens is 212 g/mol. The van der Waals surface area contributed by atoms with Crippen molar-refractivity contribution < 1.29 is 0 Å². The summed E-state index contributed by atoms with van der Waals surface area (Å²) in [7, 11) is 0. The van der Waals surface area contributed by atoms with Crippen LogP contribution < -0.4 is 5.43 Å². The first-order valence-corrected chi connectivity index (χ1v) is 5.52. The van der Waals surface area contributed by atoms with Crippen molar-refractivity contribution in [1.82, 2.24) is 10.4 Å². The van der Waals surface area contributed by atoms with Crippen molar-refractivity contribution in [2.75, 3.05) is 0 Å². The molecule has 0 aliphatic carbocycles. The molecule has 0 fully saturated rings. The third-order valence-corrected chi connectivity index (χ3v) is 2.91. The van der Waals surface area contributed by atoms with Crippen LogP contribution in [0, 0.1) is 5.39 Å². The summed E-state index contributed by atoms with van der Waals surface area (Å²) < 4.78 is 0. The molecule has 1 aromatic heterocycles. The maximum absolute atomic E-state index is 8.59. The second-order valence-corrected chi connectivity index (χ2v) is 4.19. The second-order valence-electron chi connectivity index (χ2n) is 4.19. The van der Waals surface area contributed by atoms with Crippen LogP contribution in [0.1, 0.15) is 12.5 Å². The van der Waals surface area contributed by atoms with E-state index in [-0.39, 0.29) is 6.04 Å². The Kier molecular flexibility index (Phi) is 3.10. The van der Waals surface area contributed by atoms with E-state index in [0.29, 0.717) is 0 Å². The molecule has 0 aliphatic heterocycles. The summed E-state index contributed by atoms with van der Waals surface area (Å²) in [6.07, 6.45) is 2.73. The normalized spacial score (nSPS) is 12.0. The lowest BCUT2D eigenvalue weighted by molar-refractivity contribution is 0.653. The molecule has 86 valence electrons. The van der Waals surface area contributed by atoms with E-state index in [2.05, 4.69) is 28.1 Å². The lowest BCUT2D eigenvalue weighted by Gasteiger charge is -2.08. The summed E-state index contributed by atoms with van der Waals surface area (Å²) in [5, 5.41) is 12.8. The molecule has 2 rings (SSSR count). The number of H-pyrrole nitrogens is 1. The van der Waals surface area contributed by atoms with Crippen LogP contribution in [0.5, 0.6) is 0 Å². The van der Waals surface area contributed by atoms with Crippen molar-refractivity contribution in [1.29, 1.82) is 5.39 Å². The highest BCUT2D eigenvalue weighted by Crippen LogP contribution is 2.20. The number of diazo groups is 1. The van der Waals surface area contributed by atoms with Gasteiger partial charge in [0.05, 0.1) is 0 Å². The molecule has 17 heavy (non-hydrogen) atoms. The van der Waals surface area contributed by atoms with Crippen molar-refractivity contribution in [3.8, 4) is 0 Å². The maximum atomic E-state index is 8.59. The zero-order valence-electron chi connectivity index (χ0n) is 9.77. The topological polar surface area (TPSA) is 56.0 Å². The number of aromatic nitrogens is 1. The van der Waals surface area contributed by atoms with E-state index in [0.717, 1.165) is 17.5 Å². The molecule has 1 aromatic carbocycles. The van der Waals surface area contributed by atoms with Gasteiger partial charge in [-0.15, -0.1) is 0 Å². The molecule has 0 amide bonds. The number of hydrogen-bond acceptors (Lipinski definition) is 2. The van der Waals surface area contributed by atoms with Gasteiger partial charge in [0.1, 0.15) is 6.04 Å². The average Bonchev–Trinajstić information content (AvgIpc) is 2.72. The Labute approximate surface area is 99.9 Å². The van der Waals surface area contributed by atoms with Crippen LogP contribution in [0.2, 0.25) is 0 Å². The predicted octanol–water partition coefficient (Wildman–Crippen LogP) is 3.01. The molecule has 2 N–H and O–H groups in total. The van der Waals surface area contributed by atoms with E-state index in [1.54, 1.807) is 0 Å². The summed E-state index contributed by atoms with van der Waals surface area (Å²) in [6.45, 7) is 5.81. The van der Waals surface area contributed by atoms with Crippen LogP contribution in [-0.2, 0) is 6.42 Å². The Morgan fingerprint density at radius 3 is 3.00 bits per heavy atom. The van der Waals surface area contributed by atoms with Gasteiger partial charge in [0.25, 0.3) is 5.39 Å². The third-order valence-electron chi connectivity index (χ3n) is 2.91. The molecular formula is C13H15N4+. The zero-order chi connectivity index (χ0) is 12.3. The Morgan fingerprint density at radius 1 is 1.53 bits per heavy atom. The number of benzene rings is 1. The van der Waals surface area contributed by atoms with Gasteiger partial charge < -0.3 is 4.98 Å². The molecule has 4 heteroatoms. The SMILES string of the molecule is C=C(C)C(Cc1c[nH]c2ccccc12)N[N+]#N. The van der Waals surface area contributed by atoms with Crippen LogP contribution in [0.3, 0.4) is 0 Å². The number of hydrogen-bond donors (Lipinski definition) is 2. The Bertz CT molecular complexity index is 576. The lowest BCUT2D eigenvalue weighted by atomic mass is 10.0. The number of aromatic amines is 1. The molecule has 4 nitrogen and oxygen atoms in total. The minimum Gasteiger partial charge on any atom is -0.361 e. The number of para-hydroxylation sites is 1. The fourth-order valence-corrected chi connectivity index (χ4v) is 1.92. The summed E-state index contributed by atoms with van der Waals surface area (Å²) >= 11 is 0. The molecule has 2 aromatic rings. The summed E-state index contributed by atoms with van der Waals surface area (Å²) in [6, 6.07) is 8.07. The molecule has 0 aliphatic rings. The fourth-order valence-electron chi connectivity index (χ4n) is 1.92. The molecule has 1 atom stereocenters. The molecule has 0 radical (unpaired) electrons. The first kappa shape index (κ1) is 11.2. The predicted molar refractivity (Wildman–Crippen MR) is 68.8 cm³/mol. The van der Waals surface area contributed by atoms with Crippen LogP contribution >= 0.6 is 0 Å². The molecule has 0 saturated heterocycles. The first-order chi connectivity index (χ1) is 8.22. The van der Waals surface area contributed by atoms with Crippen molar-refractivity contribution in [3.05, 3.63) is 53.3 Å². The van der Waals surface area contributed by atoms with Crippen molar-refractivity contribution in [3.63, 3.8) is 0 Å². The van der Waals surface area contributed by atoms with Crippen molar-refractivity contribution in [2.24, 2.45) is 0 Å². The van der Waals surface area contributed by atoms with Gasteiger partial charge in [-0.2, -0.15) is 0 Å². The van der Waals surface area contributed by atoms with Gasteiger partial charge in [-0.05, 0) is 24.0 Å². The molecule has 1 unspecified atom stereocenters. The number of fused-ring (bicyclic) bond motifs is 1. The Balaban J connectivity index is 2.28. The van der Waals surface area contributed by atoms with Crippen molar-refractivity contribution in [2.45, 2.75) is 19.4 Å². The van der Waals surface area contributed by atoms with Gasteiger partial charge >= 0.3 is 5.08 Å². The maximum Gasteiger partial charge on any atom is 0.303 e. The highest BCUT2D eigenvalue weighted by molar-refractivity contribution is 5.83. The first-order valence-electron chi connectivity index (χ1n) is 5.52. The Hall–Kier alpha value is -2.28. The summed E-state index contributed by atoms with van der Waals surface area (Å²) in [5.74, 6) is 0. The zero-order valence-corrected chi connectivity index (χ0v) is 9.77. The summed E-state index contributed by atoms with van der Waals surface area (Å²) in [4.78, 5) is 3.22. The van der Waals surface area contributed by atoms with Gasteiger partial charge in [-0.3, -0.25) is 0 Å². The molecule has 0 saturated carbocycles. The van der Waals surface area contributed by atoms with E-state index in [9.17, 15) is 0 Å². The molecule has 1 heterocycles. The largest absolute Gasteiger partial charge is 0.361 e. The van der Waals surface area contributed by atoms with E-state index >= 15 is 0 Å². The van der Waals surface area contributed by atoms with Gasteiger partial charge in [-0.25, -0.2) is 0 Å².